The monoisotopic (exact) mass is 248 g/mol. The molecule has 18 heavy (non-hydrogen) atoms. The van der Waals surface area contributed by atoms with Crippen LogP contribution in [0.25, 0.3) is 0 Å². The van der Waals surface area contributed by atoms with Crippen LogP contribution in [0.2, 0.25) is 0 Å². The van der Waals surface area contributed by atoms with Crippen molar-refractivity contribution in [2.75, 3.05) is 6.54 Å². The molecule has 3 N–H and O–H groups in total. The Hall–Kier alpha value is -1.39. The lowest BCUT2D eigenvalue weighted by atomic mass is 10.1. The van der Waals surface area contributed by atoms with Gasteiger partial charge in [-0.05, 0) is 29.2 Å². The first-order chi connectivity index (χ1) is 8.58. The van der Waals surface area contributed by atoms with Crippen molar-refractivity contribution >= 4 is 5.91 Å². The molecule has 1 amide bonds. The molecule has 0 aromatic heterocycles. The zero-order chi connectivity index (χ0) is 13.1. The summed E-state index contributed by atoms with van der Waals surface area (Å²) in [5.74, 6) is 0.0268. The van der Waals surface area contributed by atoms with Crippen LogP contribution in [0.4, 0.5) is 0 Å². The first kappa shape index (κ1) is 13.1. The Bertz CT molecular complexity index is 443. The summed E-state index contributed by atoms with van der Waals surface area (Å²) in [5.41, 5.74) is 3.11. The van der Waals surface area contributed by atoms with Gasteiger partial charge in [-0.3, -0.25) is 4.79 Å². The van der Waals surface area contributed by atoms with Crippen LogP contribution in [-0.2, 0) is 13.1 Å². The van der Waals surface area contributed by atoms with E-state index in [1.54, 1.807) is 0 Å². The maximum Gasteiger partial charge on any atom is 0.251 e. The molecule has 0 aliphatic carbocycles. The second-order valence-electron chi connectivity index (χ2n) is 5.11. The molecule has 1 aliphatic heterocycles. The molecular weight excluding hydrogens is 228 g/mol. The number of fused-ring (bicyclic) bond motifs is 1. The second-order valence-corrected chi connectivity index (χ2v) is 5.11. The second kappa shape index (κ2) is 5.50. The first-order valence-electron chi connectivity index (χ1n) is 6.36. The highest BCUT2D eigenvalue weighted by molar-refractivity contribution is 5.94. The van der Waals surface area contributed by atoms with E-state index in [9.17, 15) is 9.90 Å². The lowest BCUT2D eigenvalue weighted by Crippen LogP contribution is -2.34. The summed E-state index contributed by atoms with van der Waals surface area (Å²) in [5, 5.41) is 15.7. The van der Waals surface area contributed by atoms with Gasteiger partial charge in [0.25, 0.3) is 5.91 Å². The summed E-state index contributed by atoms with van der Waals surface area (Å²) in [4.78, 5) is 11.9. The molecule has 0 fully saturated rings. The molecule has 4 heteroatoms. The molecule has 0 radical (unpaired) electrons. The van der Waals surface area contributed by atoms with E-state index < -0.39 is 6.10 Å². The minimum absolute atomic E-state index is 0.121. The van der Waals surface area contributed by atoms with Gasteiger partial charge in [0.05, 0.1) is 6.10 Å². The largest absolute Gasteiger partial charge is 0.391 e. The van der Waals surface area contributed by atoms with E-state index in [1.807, 2.05) is 32.0 Å². The molecular formula is C14H20N2O2. The van der Waals surface area contributed by atoms with Crippen molar-refractivity contribution in [3.63, 3.8) is 0 Å². The van der Waals surface area contributed by atoms with E-state index in [0.717, 1.165) is 13.1 Å². The Kier molecular flexibility index (Phi) is 3.99. The molecule has 98 valence electrons. The van der Waals surface area contributed by atoms with E-state index in [0.29, 0.717) is 12.1 Å². The van der Waals surface area contributed by atoms with E-state index >= 15 is 0 Å². The standard InChI is InChI=1S/C14H20N2O2/c1-9(2)13(17)8-16-14(18)10-3-4-11-6-15-7-12(11)5-10/h3-5,9,13,15,17H,6-8H2,1-2H3,(H,16,18). The van der Waals surface area contributed by atoms with Crippen molar-refractivity contribution in [3.05, 3.63) is 34.9 Å². The fourth-order valence-corrected chi connectivity index (χ4v) is 1.97. The predicted octanol–water partition coefficient (Wildman–Crippen LogP) is 1.04. The van der Waals surface area contributed by atoms with Gasteiger partial charge in [0.2, 0.25) is 0 Å². The normalized spacial score (nSPS) is 15.6. The number of hydrogen-bond acceptors (Lipinski definition) is 3. The van der Waals surface area contributed by atoms with Crippen molar-refractivity contribution in [1.29, 1.82) is 0 Å². The smallest absolute Gasteiger partial charge is 0.251 e. The van der Waals surface area contributed by atoms with Gasteiger partial charge in [0.15, 0.2) is 0 Å². The number of rotatable bonds is 4. The summed E-state index contributed by atoms with van der Waals surface area (Å²) >= 11 is 0. The molecule has 0 bridgehead atoms. The van der Waals surface area contributed by atoms with Gasteiger partial charge >= 0.3 is 0 Å². The van der Waals surface area contributed by atoms with Crippen LogP contribution in [0.15, 0.2) is 18.2 Å². The quantitative estimate of drug-likeness (QED) is 0.746. The highest BCUT2D eigenvalue weighted by atomic mass is 16.3. The first-order valence-corrected chi connectivity index (χ1v) is 6.36. The molecule has 1 aliphatic rings. The van der Waals surface area contributed by atoms with Gasteiger partial charge in [0, 0.05) is 25.2 Å². The minimum Gasteiger partial charge on any atom is -0.391 e. The maximum absolute atomic E-state index is 11.9. The number of aliphatic hydroxyl groups excluding tert-OH is 1. The van der Waals surface area contributed by atoms with Gasteiger partial charge < -0.3 is 15.7 Å². The van der Waals surface area contributed by atoms with E-state index in [-0.39, 0.29) is 11.8 Å². The number of carbonyl (C=O) groups is 1. The summed E-state index contributed by atoms with van der Waals surface area (Å²) in [6.45, 7) is 5.86. The molecule has 2 rings (SSSR count). The number of hydrogen-bond donors (Lipinski definition) is 3. The predicted molar refractivity (Wildman–Crippen MR) is 70.2 cm³/mol. The lowest BCUT2D eigenvalue weighted by molar-refractivity contribution is 0.0871. The Balaban J connectivity index is 1.97. The Morgan fingerprint density at radius 2 is 2.11 bits per heavy atom. The Morgan fingerprint density at radius 3 is 2.83 bits per heavy atom. The van der Waals surface area contributed by atoms with Crippen molar-refractivity contribution < 1.29 is 9.90 Å². The highest BCUT2D eigenvalue weighted by Crippen LogP contribution is 2.16. The summed E-state index contributed by atoms with van der Waals surface area (Å²) < 4.78 is 0. The molecule has 1 aromatic rings. The lowest BCUT2D eigenvalue weighted by Gasteiger charge is -2.15. The van der Waals surface area contributed by atoms with E-state index in [2.05, 4.69) is 10.6 Å². The van der Waals surface area contributed by atoms with Crippen LogP contribution in [0.5, 0.6) is 0 Å². The number of nitrogens with one attached hydrogen (secondary N) is 2. The zero-order valence-electron chi connectivity index (χ0n) is 10.9. The zero-order valence-corrected chi connectivity index (χ0v) is 10.9. The van der Waals surface area contributed by atoms with Gasteiger partial charge in [-0.2, -0.15) is 0 Å². The molecule has 0 saturated carbocycles. The fourth-order valence-electron chi connectivity index (χ4n) is 1.97. The van der Waals surface area contributed by atoms with Crippen molar-refractivity contribution in [3.8, 4) is 0 Å². The van der Waals surface area contributed by atoms with Crippen LogP contribution in [0.3, 0.4) is 0 Å². The molecule has 1 atom stereocenters. The number of carbonyl (C=O) groups excluding carboxylic acids is 1. The summed E-state index contributed by atoms with van der Waals surface area (Å²) in [6, 6.07) is 5.75. The van der Waals surface area contributed by atoms with E-state index in [4.69, 9.17) is 0 Å². The maximum atomic E-state index is 11.9. The van der Waals surface area contributed by atoms with Gasteiger partial charge in [-0.1, -0.05) is 19.9 Å². The minimum atomic E-state index is -0.495. The average molecular weight is 248 g/mol. The fraction of sp³-hybridized carbons (Fsp3) is 0.500. The van der Waals surface area contributed by atoms with E-state index in [1.165, 1.54) is 11.1 Å². The van der Waals surface area contributed by atoms with Crippen LogP contribution in [0.1, 0.15) is 35.3 Å². The van der Waals surface area contributed by atoms with Crippen LogP contribution in [-0.4, -0.2) is 23.7 Å². The average Bonchev–Trinajstić information content (AvgIpc) is 2.82. The Morgan fingerprint density at radius 1 is 1.39 bits per heavy atom. The van der Waals surface area contributed by atoms with Crippen LogP contribution >= 0.6 is 0 Å². The summed E-state index contributed by atoms with van der Waals surface area (Å²) in [6.07, 6.45) is -0.495. The number of aliphatic hydroxyl groups is 1. The molecule has 0 spiro atoms. The van der Waals surface area contributed by atoms with Crippen molar-refractivity contribution in [2.24, 2.45) is 5.92 Å². The van der Waals surface area contributed by atoms with Crippen molar-refractivity contribution in [1.82, 2.24) is 10.6 Å². The Labute approximate surface area is 107 Å². The summed E-state index contributed by atoms with van der Waals surface area (Å²) in [7, 11) is 0. The third-order valence-corrected chi connectivity index (χ3v) is 3.34. The van der Waals surface area contributed by atoms with Crippen LogP contribution < -0.4 is 10.6 Å². The highest BCUT2D eigenvalue weighted by Gasteiger charge is 2.15. The van der Waals surface area contributed by atoms with Gasteiger partial charge in [0.1, 0.15) is 0 Å². The number of amides is 1. The molecule has 4 nitrogen and oxygen atoms in total. The molecule has 1 aromatic carbocycles. The third kappa shape index (κ3) is 2.89. The van der Waals surface area contributed by atoms with Gasteiger partial charge in [-0.25, -0.2) is 0 Å². The topological polar surface area (TPSA) is 61.4 Å². The molecule has 1 unspecified atom stereocenters. The van der Waals surface area contributed by atoms with Crippen molar-refractivity contribution in [2.45, 2.75) is 33.0 Å². The number of benzene rings is 1. The van der Waals surface area contributed by atoms with Gasteiger partial charge in [-0.15, -0.1) is 0 Å². The molecule has 1 heterocycles. The molecule has 0 saturated heterocycles. The third-order valence-electron chi connectivity index (χ3n) is 3.34. The SMILES string of the molecule is CC(C)C(O)CNC(=O)c1ccc2c(c1)CNC2. The van der Waals surface area contributed by atoms with Crippen LogP contribution in [0, 0.1) is 5.92 Å².